The summed E-state index contributed by atoms with van der Waals surface area (Å²) >= 11 is 0. The van der Waals surface area contributed by atoms with Gasteiger partial charge in [0, 0.05) is 30.7 Å². The molecule has 212 valence electrons. The van der Waals surface area contributed by atoms with Gasteiger partial charge in [-0.15, -0.1) is 0 Å². The molecule has 43 heavy (non-hydrogen) atoms. The molecule has 4 aliphatic heterocycles. The third-order valence-corrected chi connectivity index (χ3v) is 6.76. The molecule has 14 nitrogen and oxygen atoms in total. The number of benzene rings is 2. The van der Waals surface area contributed by atoms with Gasteiger partial charge in [0.1, 0.15) is 22.8 Å². The molecule has 0 atom stereocenters. The van der Waals surface area contributed by atoms with Gasteiger partial charge in [-0.3, -0.25) is 69.4 Å². The van der Waals surface area contributed by atoms with E-state index in [0.717, 1.165) is 24.3 Å². The lowest BCUT2D eigenvalue weighted by molar-refractivity contribution is -0.125. The van der Waals surface area contributed by atoms with Gasteiger partial charge >= 0.3 is 0 Å². The van der Waals surface area contributed by atoms with E-state index in [4.69, 9.17) is 0 Å². The second-order valence-corrected chi connectivity index (χ2v) is 9.50. The van der Waals surface area contributed by atoms with E-state index in [1.54, 1.807) is 48.5 Å². The van der Waals surface area contributed by atoms with Crippen LogP contribution in [0.1, 0.15) is 11.1 Å². The third kappa shape index (κ3) is 4.78. The Morgan fingerprint density at radius 1 is 0.419 bits per heavy atom. The third-order valence-electron chi connectivity index (χ3n) is 6.76. The number of nitrogens with zero attached hydrogens (tertiary/aromatic N) is 2. The minimum absolute atomic E-state index is 0.0523. The van der Waals surface area contributed by atoms with E-state index in [-0.39, 0.29) is 40.6 Å². The van der Waals surface area contributed by atoms with Gasteiger partial charge in [-0.05, 0) is 23.3 Å². The Bertz CT molecular complexity index is 1650. The standard InChI is InChI=1S/C29H18N6O8/c36-22-10-18(26(40)30-22)34(19-11-23(37)31-27(19)41)16-7-3-1-5-14(16)9-15-6-2-4-8-17(15)35(20-12-24(38)32-28(20)42)21-13-25(39)33-29(21)43/h1-8,10-13H,9H2,(H,30,36,40)(H,31,37,41)(H,32,38,42)(H,33,39,43). The summed E-state index contributed by atoms with van der Waals surface area (Å²) in [7, 11) is 0. The Hall–Kier alpha value is -6.44. The molecule has 0 spiro atoms. The van der Waals surface area contributed by atoms with Crippen LogP contribution in [-0.4, -0.2) is 47.3 Å². The SMILES string of the molecule is O=C1C=C(N(C2=CC(=O)NC2=O)c2ccccc2Cc2ccccc2N(C2=CC(=O)NC2=O)C2=CC(=O)NC2=O)C(=O)N1. The highest BCUT2D eigenvalue weighted by molar-refractivity contribution is 6.24. The lowest BCUT2D eigenvalue weighted by Crippen LogP contribution is -2.35. The molecule has 4 heterocycles. The first kappa shape index (κ1) is 26.8. The number of hydrogen-bond acceptors (Lipinski definition) is 10. The van der Waals surface area contributed by atoms with Gasteiger partial charge in [0.25, 0.3) is 47.3 Å². The Balaban J connectivity index is 1.48. The van der Waals surface area contributed by atoms with Crippen LogP contribution in [0.2, 0.25) is 0 Å². The van der Waals surface area contributed by atoms with Crippen molar-refractivity contribution in [2.24, 2.45) is 0 Å². The zero-order chi connectivity index (χ0) is 30.4. The largest absolute Gasteiger partial charge is 0.300 e. The van der Waals surface area contributed by atoms with Crippen LogP contribution in [0, 0.1) is 0 Å². The van der Waals surface area contributed by atoms with Crippen molar-refractivity contribution in [3.8, 4) is 0 Å². The molecule has 0 radical (unpaired) electrons. The highest BCUT2D eigenvalue weighted by Crippen LogP contribution is 2.36. The van der Waals surface area contributed by atoms with Crippen molar-refractivity contribution in [1.29, 1.82) is 0 Å². The Morgan fingerprint density at radius 2 is 0.698 bits per heavy atom. The normalized spacial score (nSPS) is 17.7. The van der Waals surface area contributed by atoms with Crippen molar-refractivity contribution in [3.05, 3.63) is 107 Å². The fourth-order valence-electron chi connectivity index (χ4n) is 5.01. The second-order valence-electron chi connectivity index (χ2n) is 9.50. The van der Waals surface area contributed by atoms with Crippen LogP contribution in [0.5, 0.6) is 0 Å². The van der Waals surface area contributed by atoms with Crippen molar-refractivity contribution in [2.75, 3.05) is 9.80 Å². The Labute approximate surface area is 241 Å². The molecule has 0 aliphatic carbocycles. The molecule has 6 rings (SSSR count). The molecule has 0 fully saturated rings. The predicted molar refractivity (Wildman–Crippen MR) is 146 cm³/mol. The van der Waals surface area contributed by atoms with Crippen LogP contribution in [0.15, 0.2) is 95.6 Å². The fraction of sp³-hybridized carbons (Fsp3) is 0.0345. The zero-order valence-electron chi connectivity index (χ0n) is 21.8. The molecular weight excluding hydrogens is 560 g/mol. The van der Waals surface area contributed by atoms with Crippen LogP contribution in [0.3, 0.4) is 0 Å². The molecule has 8 amide bonds. The van der Waals surface area contributed by atoms with E-state index in [1.807, 2.05) is 0 Å². The Kier molecular flexibility index (Phi) is 6.34. The van der Waals surface area contributed by atoms with Crippen LogP contribution in [0.25, 0.3) is 0 Å². The number of para-hydroxylation sites is 2. The molecule has 0 unspecified atom stereocenters. The molecule has 4 aliphatic rings. The van der Waals surface area contributed by atoms with Crippen LogP contribution < -0.4 is 31.1 Å². The van der Waals surface area contributed by atoms with E-state index in [1.165, 1.54) is 9.80 Å². The first-order chi connectivity index (χ1) is 20.6. The quantitative estimate of drug-likeness (QED) is 0.284. The summed E-state index contributed by atoms with van der Waals surface area (Å²) in [4.78, 5) is 102. The van der Waals surface area contributed by atoms with E-state index in [9.17, 15) is 38.4 Å². The predicted octanol–water partition coefficient (Wildman–Crippen LogP) is -0.949. The monoisotopic (exact) mass is 578 g/mol. The van der Waals surface area contributed by atoms with Crippen molar-refractivity contribution in [1.82, 2.24) is 21.3 Å². The number of nitrogens with one attached hydrogen (secondary N) is 4. The number of carbonyl (C=O) groups is 8. The molecule has 0 bridgehead atoms. The molecule has 0 saturated heterocycles. The first-order valence-electron chi connectivity index (χ1n) is 12.6. The van der Waals surface area contributed by atoms with E-state index < -0.39 is 47.3 Å². The van der Waals surface area contributed by atoms with Gasteiger partial charge in [-0.25, -0.2) is 0 Å². The second kappa shape index (κ2) is 10.2. The summed E-state index contributed by atoms with van der Waals surface area (Å²) in [6.07, 6.45) is 4.09. The van der Waals surface area contributed by atoms with Crippen molar-refractivity contribution >= 4 is 58.6 Å². The van der Waals surface area contributed by atoms with Gasteiger partial charge < -0.3 is 0 Å². The van der Waals surface area contributed by atoms with E-state index in [2.05, 4.69) is 21.3 Å². The zero-order valence-corrected chi connectivity index (χ0v) is 21.8. The van der Waals surface area contributed by atoms with Crippen LogP contribution in [0.4, 0.5) is 11.4 Å². The highest BCUT2D eigenvalue weighted by Gasteiger charge is 2.38. The van der Waals surface area contributed by atoms with Crippen LogP contribution >= 0.6 is 0 Å². The maximum Gasteiger partial charge on any atom is 0.275 e. The van der Waals surface area contributed by atoms with Gasteiger partial charge in [-0.2, -0.15) is 0 Å². The number of anilines is 2. The maximum atomic E-state index is 12.7. The summed E-state index contributed by atoms with van der Waals surface area (Å²) in [6, 6.07) is 13.2. The minimum Gasteiger partial charge on any atom is -0.300 e. The minimum atomic E-state index is -0.785. The van der Waals surface area contributed by atoms with Crippen molar-refractivity contribution in [2.45, 2.75) is 6.42 Å². The average molecular weight is 578 g/mol. The number of hydrogen-bond donors (Lipinski definition) is 4. The maximum absolute atomic E-state index is 12.7. The number of imide groups is 4. The average Bonchev–Trinajstić information content (AvgIpc) is 3.68. The summed E-state index contributed by atoms with van der Waals surface area (Å²) < 4.78 is 0. The van der Waals surface area contributed by atoms with Crippen molar-refractivity contribution < 1.29 is 38.4 Å². The molecule has 14 heteroatoms. The lowest BCUT2D eigenvalue weighted by atomic mass is 9.99. The summed E-state index contributed by atoms with van der Waals surface area (Å²) in [6.45, 7) is 0. The topological polar surface area (TPSA) is 191 Å². The van der Waals surface area contributed by atoms with Gasteiger partial charge in [0.2, 0.25) is 0 Å². The van der Waals surface area contributed by atoms with Crippen LogP contribution in [-0.2, 0) is 44.8 Å². The number of rotatable bonds is 8. The van der Waals surface area contributed by atoms with E-state index >= 15 is 0 Å². The van der Waals surface area contributed by atoms with E-state index in [0.29, 0.717) is 11.1 Å². The lowest BCUT2D eigenvalue weighted by Gasteiger charge is -2.29. The molecule has 4 N–H and O–H groups in total. The molecule has 2 aromatic carbocycles. The van der Waals surface area contributed by atoms with Gasteiger partial charge in [0.05, 0.1) is 11.4 Å². The number of carbonyl (C=O) groups excluding carboxylic acids is 8. The summed E-state index contributed by atoms with van der Waals surface area (Å²) in [5, 5.41) is 8.53. The molecule has 0 saturated carbocycles. The Morgan fingerprint density at radius 3 is 0.953 bits per heavy atom. The van der Waals surface area contributed by atoms with Gasteiger partial charge in [0.15, 0.2) is 0 Å². The summed E-state index contributed by atoms with van der Waals surface area (Å²) in [5.74, 6) is -5.96. The first-order valence-corrected chi connectivity index (χ1v) is 12.6. The smallest absolute Gasteiger partial charge is 0.275 e. The summed E-state index contributed by atoms with van der Waals surface area (Å²) in [5.41, 5.74) is 0.772. The van der Waals surface area contributed by atoms with Crippen molar-refractivity contribution in [3.63, 3.8) is 0 Å². The molecule has 2 aromatic rings. The molecular formula is C29H18N6O8. The molecule has 0 aromatic heterocycles. The fourth-order valence-corrected chi connectivity index (χ4v) is 5.01. The highest BCUT2D eigenvalue weighted by atomic mass is 16.2. The number of amides is 8. The van der Waals surface area contributed by atoms with Gasteiger partial charge in [-0.1, -0.05) is 36.4 Å².